The van der Waals surface area contributed by atoms with Crippen molar-refractivity contribution >= 4 is 31.5 Å². The van der Waals surface area contributed by atoms with Gasteiger partial charge in [-0.25, -0.2) is 8.42 Å². The maximum absolute atomic E-state index is 12.2. The minimum absolute atomic E-state index is 0.0780. The number of anilines is 1. The van der Waals surface area contributed by atoms with Gasteiger partial charge in [-0.1, -0.05) is 15.9 Å². The fourth-order valence-electron chi connectivity index (χ4n) is 2.19. The smallest absolute Gasteiger partial charge is 0.182 e. The second kappa shape index (κ2) is 4.90. The van der Waals surface area contributed by atoms with Crippen molar-refractivity contribution in [1.82, 2.24) is 0 Å². The van der Waals surface area contributed by atoms with E-state index in [4.69, 9.17) is 5.26 Å². The number of nitrogens with zero attached hydrogens (tertiary/aromatic N) is 2. The van der Waals surface area contributed by atoms with Crippen LogP contribution in [0.5, 0.6) is 0 Å². The summed E-state index contributed by atoms with van der Waals surface area (Å²) in [7, 11) is -1.38. The summed E-state index contributed by atoms with van der Waals surface area (Å²) in [5, 5.41) is 8.62. The number of hydrogen-bond acceptors (Lipinski definition) is 4. The second-order valence-electron chi connectivity index (χ2n) is 4.35. The number of fused-ring (bicyclic) bond motifs is 1. The number of hydrogen-bond donors (Lipinski definition) is 0. The van der Waals surface area contributed by atoms with Gasteiger partial charge >= 0.3 is 0 Å². The van der Waals surface area contributed by atoms with Gasteiger partial charge < -0.3 is 4.90 Å². The summed E-state index contributed by atoms with van der Waals surface area (Å²) in [4.78, 5) is 2.33. The third-order valence-electron chi connectivity index (χ3n) is 3.19. The fourth-order valence-corrected chi connectivity index (χ4v) is 4.61. The maximum Gasteiger partial charge on any atom is 0.182 e. The van der Waals surface area contributed by atoms with Crippen molar-refractivity contribution in [3.63, 3.8) is 0 Å². The first kappa shape index (κ1) is 13.4. The van der Waals surface area contributed by atoms with Crippen molar-refractivity contribution in [3.8, 4) is 6.07 Å². The Balaban J connectivity index is 2.45. The third kappa shape index (κ3) is 2.38. The Labute approximate surface area is 115 Å². The van der Waals surface area contributed by atoms with E-state index < -0.39 is 9.84 Å². The first-order valence-electron chi connectivity index (χ1n) is 5.58. The predicted octanol–water partition coefficient (Wildman–Crippen LogP) is 2.34. The molecule has 1 aromatic rings. The first-order valence-corrected chi connectivity index (χ1v) is 8.02. The Morgan fingerprint density at radius 2 is 2.28 bits per heavy atom. The zero-order valence-corrected chi connectivity index (χ0v) is 12.3. The van der Waals surface area contributed by atoms with Gasteiger partial charge in [0, 0.05) is 24.0 Å². The largest absolute Gasteiger partial charge is 0.369 e. The van der Waals surface area contributed by atoms with Crippen LogP contribution in [-0.2, 0) is 9.84 Å². The summed E-state index contributed by atoms with van der Waals surface area (Å²) < 4.78 is 25.2. The molecule has 1 aliphatic rings. The van der Waals surface area contributed by atoms with Crippen molar-refractivity contribution in [2.45, 2.75) is 23.8 Å². The molecule has 1 unspecified atom stereocenters. The molecular weight excluding hydrogens is 316 g/mol. The van der Waals surface area contributed by atoms with Gasteiger partial charge in [-0.05, 0) is 24.6 Å². The minimum atomic E-state index is -3.26. The molecule has 0 amide bonds. The highest BCUT2D eigenvalue weighted by molar-refractivity contribution is 9.10. The Morgan fingerprint density at radius 1 is 1.56 bits per heavy atom. The van der Waals surface area contributed by atoms with E-state index in [-0.39, 0.29) is 11.8 Å². The summed E-state index contributed by atoms with van der Waals surface area (Å²) in [5.74, 6) is 0.0780. The highest BCUT2D eigenvalue weighted by Crippen LogP contribution is 2.35. The van der Waals surface area contributed by atoms with E-state index in [0.717, 1.165) is 4.47 Å². The van der Waals surface area contributed by atoms with E-state index in [1.54, 1.807) is 12.1 Å². The van der Waals surface area contributed by atoms with Crippen LogP contribution < -0.4 is 4.90 Å². The lowest BCUT2D eigenvalue weighted by atomic mass is 10.1. The standard InChI is InChI=1S/C12H13BrN2O2S/c1-15-10(3-2-6-14)8-18(16,17)12-7-9(13)4-5-11(12)15/h4-5,7,10H,2-3,8H2,1H3. The molecule has 0 spiro atoms. The molecule has 0 saturated heterocycles. The predicted molar refractivity (Wildman–Crippen MR) is 73.2 cm³/mol. The lowest BCUT2D eigenvalue weighted by molar-refractivity contribution is 0.560. The number of benzene rings is 1. The van der Waals surface area contributed by atoms with Crippen LogP contribution in [0.15, 0.2) is 27.6 Å². The van der Waals surface area contributed by atoms with Gasteiger partial charge in [0.25, 0.3) is 0 Å². The molecule has 0 bridgehead atoms. The maximum atomic E-state index is 12.2. The van der Waals surface area contributed by atoms with Gasteiger partial charge in [0.1, 0.15) is 0 Å². The van der Waals surface area contributed by atoms with Crippen LogP contribution in [0.4, 0.5) is 5.69 Å². The molecular formula is C12H13BrN2O2S. The Bertz CT molecular complexity index is 607. The molecule has 0 fully saturated rings. The molecule has 1 heterocycles. The third-order valence-corrected chi connectivity index (χ3v) is 5.50. The van der Waals surface area contributed by atoms with Crippen LogP contribution in [0, 0.1) is 11.3 Å². The first-order chi connectivity index (χ1) is 8.45. The van der Waals surface area contributed by atoms with Crippen LogP contribution in [-0.4, -0.2) is 27.3 Å². The van der Waals surface area contributed by atoms with Gasteiger partial charge in [0.05, 0.1) is 22.4 Å². The summed E-state index contributed by atoms with van der Waals surface area (Å²) in [5.41, 5.74) is 0.715. The molecule has 4 nitrogen and oxygen atoms in total. The molecule has 0 aromatic heterocycles. The lowest BCUT2D eigenvalue weighted by Gasteiger charge is -2.35. The van der Waals surface area contributed by atoms with Crippen molar-refractivity contribution in [1.29, 1.82) is 5.26 Å². The van der Waals surface area contributed by atoms with Crippen molar-refractivity contribution in [3.05, 3.63) is 22.7 Å². The highest BCUT2D eigenvalue weighted by atomic mass is 79.9. The zero-order valence-electron chi connectivity index (χ0n) is 9.93. The van der Waals surface area contributed by atoms with E-state index in [1.165, 1.54) is 0 Å². The fraction of sp³-hybridized carbons (Fsp3) is 0.417. The molecule has 1 atom stereocenters. The van der Waals surface area contributed by atoms with Crippen molar-refractivity contribution < 1.29 is 8.42 Å². The van der Waals surface area contributed by atoms with Crippen molar-refractivity contribution in [2.24, 2.45) is 0 Å². The number of sulfone groups is 1. The van der Waals surface area contributed by atoms with Crippen LogP contribution in [0.25, 0.3) is 0 Å². The number of rotatable bonds is 2. The monoisotopic (exact) mass is 328 g/mol. The summed E-state index contributed by atoms with van der Waals surface area (Å²) >= 11 is 3.29. The normalized spacial score (nSPS) is 21.2. The van der Waals surface area contributed by atoms with Gasteiger partial charge in [0.15, 0.2) is 9.84 Å². The van der Waals surface area contributed by atoms with Gasteiger partial charge in [0.2, 0.25) is 0 Å². The summed E-state index contributed by atoms with van der Waals surface area (Å²) in [6.07, 6.45) is 0.943. The molecule has 0 radical (unpaired) electrons. The molecule has 1 aliphatic heterocycles. The number of halogens is 1. The average molecular weight is 329 g/mol. The molecule has 6 heteroatoms. The van der Waals surface area contributed by atoms with Gasteiger partial charge in [-0.2, -0.15) is 5.26 Å². The van der Waals surface area contributed by atoms with E-state index >= 15 is 0 Å². The van der Waals surface area contributed by atoms with Gasteiger partial charge in [-0.15, -0.1) is 0 Å². The van der Waals surface area contributed by atoms with E-state index in [1.807, 2.05) is 18.0 Å². The van der Waals surface area contributed by atoms with Crippen LogP contribution in [0.3, 0.4) is 0 Å². The lowest BCUT2D eigenvalue weighted by Crippen LogP contribution is -2.42. The van der Waals surface area contributed by atoms with Crippen molar-refractivity contribution in [2.75, 3.05) is 17.7 Å². The number of nitriles is 1. The van der Waals surface area contributed by atoms with Crippen LogP contribution >= 0.6 is 15.9 Å². The average Bonchev–Trinajstić information content (AvgIpc) is 2.32. The SMILES string of the molecule is CN1c2ccc(Br)cc2S(=O)(=O)CC1CCC#N. The van der Waals surface area contributed by atoms with E-state index in [0.29, 0.717) is 23.4 Å². The molecule has 0 saturated carbocycles. The topological polar surface area (TPSA) is 61.2 Å². The molecule has 18 heavy (non-hydrogen) atoms. The van der Waals surface area contributed by atoms with Crippen LogP contribution in [0.1, 0.15) is 12.8 Å². The molecule has 2 rings (SSSR count). The zero-order chi connectivity index (χ0) is 13.3. The molecule has 1 aromatic carbocycles. The molecule has 0 aliphatic carbocycles. The van der Waals surface area contributed by atoms with Gasteiger partial charge in [-0.3, -0.25) is 0 Å². The summed E-state index contributed by atoms with van der Waals surface area (Å²) in [6, 6.07) is 7.22. The summed E-state index contributed by atoms with van der Waals surface area (Å²) in [6.45, 7) is 0. The van der Waals surface area contributed by atoms with E-state index in [9.17, 15) is 8.42 Å². The Kier molecular flexibility index (Phi) is 3.64. The molecule has 96 valence electrons. The highest BCUT2D eigenvalue weighted by Gasteiger charge is 2.33. The minimum Gasteiger partial charge on any atom is -0.369 e. The molecule has 0 N–H and O–H groups in total. The van der Waals surface area contributed by atoms with E-state index in [2.05, 4.69) is 22.0 Å². The van der Waals surface area contributed by atoms with Crippen LogP contribution in [0.2, 0.25) is 0 Å². The Hall–Kier alpha value is -1.06. The second-order valence-corrected chi connectivity index (χ2v) is 7.27. The Morgan fingerprint density at radius 3 is 2.94 bits per heavy atom. The quantitative estimate of drug-likeness (QED) is 0.836.